The van der Waals surface area contributed by atoms with E-state index in [1.165, 1.54) is 37.7 Å². The van der Waals surface area contributed by atoms with Crippen molar-refractivity contribution in [3.05, 3.63) is 29.8 Å². The molecule has 1 atom stereocenters. The van der Waals surface area contributed by atoms with Crippen molar-refractivity contribution in [2.45, 2.75) is 61.8 Å². The second-order valence-corrected chi connectivity index (χ2v) is 8.28. The Kier molecular flexibility index (Phi) is 6.89. The average Bonchev–Trinajstić information content (AvgIpc) is 2.56. The van der Waals surface area contributed by atoms with Gasteiger partial charge in [-0.2, -0.15) is 0 Å². The highest BCUT2D eigenvalue weighted by molar-refractivity contribution is 7.89. The number of sulfonamides is 1. The first-order valence-electron chi connectivity index (χ1n) is 8.48. The van der Waals surface area contributed by atoms with E-state index in [0.29, 0.717) is 10.8 Å². The van der Waals surface area contributed by atoms with E-state index in [1.807, 2.05) is 12.1 Å². The first-order valence-corrected chi connectivity index (χ1v) is 9.96. The minimum absolute atomic E-state index is 0. The Bertz CT molecular complexity index is 577. The number of piperidine rings is 1. The molecule has 0 spiro atoms. The Morgan fingerprint density at radius 2 is 1.65 bits per heavy atom. The molecule has 6 heteroatoms. The summed E-state index contributed by atoms with van der Waals surface area (Å²) >= 11 is 0. The van der Waals surface area contributed by atoms with Gasteiger partial charge in [-0.15, -0.1) is 12.4 Å². The molecule has 2 fully saturated rings. The first-order chi connectivity index (χ1) is 10.6. The highest BCUT2D eigenvalue weighted by Crippen LogP contribution is 2.32. The summed E-state index contributed by atoms with van der Waals surface area (Å²) < 4.78 is 27.7. The van der Waals surface area contributed by atoms with Gasteiger partial charge in [0.2, 0.25) is 10.0 Å². The Morgan fingerprint density at radius 3 is 2.26 bits per heavy atom. The molecule has 1 heterocycles. The third kappa shape index (κ3) is 4.92. The molecule has 0 amide bonds. The maximum Gasteiger partial charge on any atom is 0.240 e. The summed E-state index contributed by atoms with van der Waals surface area (Å²) in [6.07, 6.45) is 8.32. The average molecular weight is 359 g/mol. The number of hydrogen-bond acceptors (Lipinski definition) is 3. The molecule has 0 bridgehead atoms. The van der Waals surface area contributed by atoms with Crippen molar-refractivity contribution in [3.8, 4) is 0 Å². The van der Waals surface area contributed by atoms with E-state index >= 15 is 0 Å². The van der Waals surface area contributed by atoms with Crippen molar-refractivity contribution < 1.29 is 8.42 Å². The summed E-state index contributed by atoms with van der Waals surface area (Å²) in [7, 11) is -3.40. The SMILES string of the molecule is Cl.O=S(=O)(NC1CCCNC1)c1ccc(C2CCCCC2)cc1. The fourth-order valence-electron chi connectivity index (χ4n) is 3.59. The highest BCUT2D eigenvalue weighted by Gasteiger charge is 2.22. The monoisotopic (exact) mass is 358 g/mol. The van der Waals surface area contributed by atoms with Crippen LogP contribution in [0.3, 0.4) is 0 Å². The maximum absolute atomic E-state index is 12.4. The van der Waals surface area contributed by atoms with Gasteiger partial charge in [-0.25, -0.2) is 13.1 Å². The zero-order chi connectivity index (χ0) is 15.4. The van der Waals surface area contributed by atoms with Gasteiger partial charge in [0.25, 0.3) is 0 Å². The van der Waals surface area contributed by atoms with E-state index in [4.69, 9.17) is 0 Å². The van der Waals surface area contributed by atoms with Crippen LogP contribution < -0.4 is 10.0 Å². The third-order valence-electron chi connectivity index (χ3n) is 4.89. The number of nitrogens with one attached hydrogen (secondary N) is 2. The topological polar surface area (TPSA) is 58.2 Å². The van der Waals surface area contributed by atoms with Gasteiger partial charge in [-0.3, -0.25) is 0 Å². The molecule has 4 nitrogen and oxygen atoms in total. The van der Waals surface area contributed by atoms with Gasteiger partial charge in [0.05, 0.1) is 4.90 Å². The van der Waals surface area contributed by atoms with Crippen LogP contribution in [0.2, 0.25) is 0 Å². The van der Waals surface area contributed by atoms with Crippen LogP contribution in [-0.4, -0.2) is 27.5 Å². The summed E-state index contributed by atoms with van der Waals surface area (Å²) in [6, 6.07) is 7.55. The van der Waals surface area contributed by atoms with Crippen LogP contribution in [0.15, 0.2) is 29.2 Å². The van der Waals surface area contributed by atoms with E-state index in [9.17, 15) is 8.42 Å². The number of rotatable bonds is 4. The number of benzene rings is 1. The van der Waals surface area contributed by atoms with Crippen molar-refractivity contribution >= 4 is 22.4 Å². The Hall–Kier alpha value is -0.620. The largest absolute Gasteiger partial charge is 0.315 e. The van der Waals surface area contributed by atoms with Gasteiger partial charge in [-0.05, 0) is 55.8 Å². The van der Waals surface area contributed by atoms with Gasteiger partial charge in [-0.1, -0.05) is 31.4 Å². The lowest BCUT2D eigenvalue weighted by Crippen LogP contribution is -2.45. The van der Waals surface area contributed by atoms with Crippen molar-refractivity contribution in [3.63, 3.8) is 0 Å². The zero-order valence-electron chi connectivity index (χ0n) is 13.5. The van der Waals surface area contributed by atoms with Crippen LogP contribution in [-0.2, 0) is 10.0 Å². The fraction of sp³-hybridized carbons (Fsp3) is 0.647. The van der Waals surface area contributed by atoms with E-state index in [-0.39, 0.29) is 18.4 Å². The van der Waals surface area contributed by atoms with Crippen LogP contribution in [0.25, 0.3) is 0 Å². The van der Waals surface area contributed by atoms with Crippen LogP contribution in [0, 0.1) is 0 Å². The Labute approximate surface area is 145 Å². The van der Waals surface area contributed by atoms with Crippen LogP contribution in [0.4, 0.5) is 0 Å². The molecule has 1 saturated heterocycles. The van der Waals surface area contributed by atoms with Gasteiger partial charge in [0.1, 0.15) is 0 Å². The molecule has 0 radical (unpaired) electrons. The second kappa shape index (κ2) is 8.47. The lowest BCUT2D eigenvalue weighted by atomic mass is 9.84. The molecule has 2 aliphatic rings. The predicted molar refractivity (Wildman–Crippen MR) is 95.7 cm³/mol. The summed E-state index contributed by atoms with van der Waals surface area (Å²) in [5.41, 5.74) is 1.29. The number of halogens is 1. The Morgan fingerprint density at radius 1 is 0.957 bits per heavy atom. The van der Waals surface area contributed by atoms with E-state index in [0.717, 1.165) is 25.9 Å². The highest BCUT2D eigenvalue weighted by atomic mass is 35.5. The normalized spacial score (nSPS) is 23.2. The van der Waals surface area contributed by atoms with Crippen molar-refractivity contribution in [2.24, 2.45) is 0 Å². The van der Waals surface area contributed by atoms with Gasteiger partial charge in [0.15, 0.2) is 0 Å². The first kappa shape index (κ1) is 18.7. The van der Waals surface area contributed by atoms with Gasteiger partial charge in [0, 0.05) is 12.6 Å². The summed E-state index contributed by atoms with van der Waals surface area (Å²) in [4.78, 5) is 0.387. The predicted octanol–water partition coefficient (Wildman–Crippen LogP) is 3.19. The van der Waals surface area contributed by atoms with Crippen LogP contribution in [0.1, 0.15) is 56.4 Å². The summed E-state index contributed by atoms with van der Waals surface area (Å²) in [5.74, 6) is 0.612. The molecule has 130 valence electrons. The van der Waals surface area contributed by atoms with Crippen molar-refractivity contribution in [1.29, 1.82) is 0 Å². The van der Waals surface area contributed by atoms with Gasteiger partial charge < -0.3 is 5.32 Å². The van der Waals surface area contributed by atoms with E-state index in [2.05, 4.69) is 10.0 Å². The zero-order valence-corrected chi connectivity index (χ0v) is 15.1. The molecule has 0 aromatic heterocycles. The molecule has 1 saturated carbocycles. The minimum atomic E-state index is -3.40. The lowest BCUT2D eigenvalue weighted by molar-refractivity contribution is 0.428. The van der Waals surface area contributed by atoms with Gasteiger partial charge >= 0.3 is 0 Å². The molecule has 1 aromatic rings. The lowest BCUT2D eigenvalue weighted by Gasteiger charge is -2.24. The third-order valence-corrected chi connectivity index (χ3v) is 6.42. The standard InChI is InChI=1S/C17H26N2O2S.ClH/c20-22(21,19-16-7-4-12-18-13-16)17-10-8-15(9-11-17)14-5-2-1-3-6-14;/h8-11,14,16,18-19H,1-7,12-13H2;1H. The summed E-state index contributed by atoms with van der Waals surface area (Å²) in [6.45, 7) is 1.70. The van der Waals surface area contributed by atoms with Crippen molar-refractivity contribution in [2.75, 3.05) is 13.1 Å². The molecular weight excluding hydrogens is 332 g/mol. The quantitative estimate of drug-likeness (QED) is 0.869. The molecular formula is C17H27ClN2O2S. The molecule has 3 rings (SSSR count). The van der Waals surface area contributed by atoms with Crippen LogP contribution >= 0.6 is 12.4 Å². The molecule has 1 aromatic carbocycles. The smallest absolute Gasteiger partial charge is 0.240 e. The van der Waals surface area contributed by atoms with Crippen LogP contribution in [0.5, 0.6) is 0 Å². The molecule has 2 N–H and O–H groups in total. The molecule has 1 unspecified atom stereocenters. The minimum Gasteiger partial charge on any atom is -0.315 e. The fourth-order valence-corrected chi connectivity index (χ4v) is 4.87. The molecule has 1 aliphatic carbocycles. The van der Waals surface area contributed by atoms with E-state index < -0.39 is 10.0 Å². The molecule has 23 heavy (non-hydrogen) atoms. The number of hydrogen-bond donors (Lipinski definition) is 2. The Balaban J connectivity index is 0.00000192. The maximum atomic E-state index is 12.4. The van der Waals surface area contributed by atoms with E-state index in [1.54, 1.807) is 12.1 Å². The second-order valence-electron chi connectivity index (χ2n) is 6.57. The summed E-state index contributed by atoms with van der Waals surface area (Å²) in [5, 5.41) is 3.23. The molecule has 1 aliphatic heterocycles. The van der Waals surface area contributed by atoms with Crippen molar-refractivity contribution in [1.82, 2.24) is 10.0 Å².